The highest BCUT2D eigenvalue weighted by Crippen LogP contribution is 2.28. The first-order valence-electron chi connectivity index (χ1n) is 6.29. The number of aromatic nitrogens is 1. The highest BCUT2D eigenvalue weighted by atomic mass is 16.5. The van der Waals surface area contributed by atoms with Gasteiger partial charge in [-0.1, -0.05) is 12.1 Å². The Morgan fingerprint density at radius 2 is 2.11 bits per heavy atom. The second-order valence-corrected chi connectivity index (χ2v) is 4.97. The lowest BCUT2D eigenvalue weighted by Crippen LogP contribution is -2.38. The van der Waals surface area contributed by atoms with Gasteiger partial charge in [-0.05, 0) is 44.5 Å². The lowest BCUT2D eigenvalue weighted by Gasteiger charge is -2.31. The highest BCUT2D eigenvalue weighted by molar-refractivity contribution is 5.79. The lowest BCUT2D eigenvalue weighted by atomic mass is 9.91. The maximum atomic E-state index is 6.30. The monoisotopic (exact) mass is 244 g/mol. The van der Waals surface area contributed by atoms with Gasteiger partial charge in [0.05, 0.1) is 17.2 Å². The molecule has 0 bridgehead atoms. The maximum Gasteiger partial charge on any atom is 0.0818 e. The van der Waals surface area contributed by atoms with Gasteiger partial charge in [0.25, 0.3) is 0 Å². The third-order valence-electron chi connectivity index (χ3n) is 3.25. The molecular formula is C15H20N2O. The minimum absolute atomic E-state index is 0.151. The van der Waals surface area contributed by atoms with Crippen LogP contribution in [0.4, 0.5) is 0 Å². The van der Waals surface area contributed by atoms with Crippen LogP contribution >= 0.6 is 0 Å². The predicted octanol–water partition coefficient (Wildman–Crippen LogP) is 3.05. The minimum Gasteiger partial charge on any atom is -0.374 e. The Balaban J connectivity index is 2.36. The van der Waals surface area contributed by atoms with Gasteiger partial charge >= 0.3 is 0 Å². The molecule has 0 radical (unpaired) electrons. The summed E-state index contributed by atoms with van der Waals surface area (Å²) >= 11 is 0. The van der Waals surface area contributed by atoms with E-state index in [4.69, 9.17) is 10.5 Å². The van der Waals surface area contributed by atoms with Crippen molar-refractivity contribution in [2.75, 3.05) is 6.61 Å². The number of nitrogens with two attached hydrogens (primary N) is 1. The molecule has 2 rings (SSSR count). The van der Waals surface area contributed by atoms with Crippen molar-refractivity contribution in [3.63, 3.8) is 0 Å². The lowest BCUT2D eigenvalue weighted by molar-refractivity contribution is -0.0297. The number of fused-ring (bicyclic) bond motifs is 1. The quantitative estimate of drug-likeness (QED) is 0.899. The molecule has 0 aliphatic rings. The van der Waals surface area contributed by atoms with E-state index >= 15 is 0 Å². The van der Waals surface area contributed by atoms with Crippen molar-refractivity contribution in [1.29, 1.82) is 0 Å². The van der Waals surface area contributed by atoms with E-state index in [0.717, 1.165) is 16.5 Å². The first kappa shape index (κ1) is 13.0. The summed E-state index contributed by atoms with van der Waals surface area (Å²) in [6.45, 7) is 6.69. The van der Waals surface area contributed by atoms with Crippen LogP contribution < -0.4 is 5.73 Å². The molecule has 3 heteroatoms. The minimum atomic E-state index is -0.370. The Kier molecular flexibility index (Phi) is 3.64. The van der Waals surface area contributed by atoms with Gasteiger partial charge in [0.1, 0.15) is 0 Å². The molecule has 1 aromatic carbocycles. The van der Waals surface area contributed by atoms with Crippen LogP contribution in [0.3, 0.4) is 0 Å². The van der Waals surface area contributed by atoms with Gasteiger partial charge in [0, 0.05) is 18.2 Å². The Bertz CT molecular complexity index is 537. The number of benzene rings is 1. The van der Waals surface area contributed by atoms with Crippen molar-refractivity contribution in [3.8, 4) is 0 Å². The SMILES string of the molecule is CCOC(C)(C)C(N)c1ccc2ncccc2c1. The number of pyridine rings is 1. The number of ether oxygens (including phenoxy) is 1. The molecule has 1 atom stereocenters. The fourth-order valence-electron chi connectivity index (χ4n) is 2.15. The summed E-state index contributed by atoms with van der Waals surface area (Å²) in [6, 6.07) is 9.96. The first-order valence-corrected chi connectivity index (χ1v) is 6.29. The third-order valence-corrected chi connectivity index (χ3v) is 3.25. The normalized spacial score (nSPS) is 13.8. The van der Waals surface area contributed by atoms with Crippen molar-refractivity contribution in [2.24, 2.45) is 5.73 Å². The zero-order valence-corrected chi connectivity index (χ0v) is 11.2. The van der Waals surface area contributed by atoms with Crippen LogP contribution in [0.5, 0.6) is 0 Å². The Hall–Kier alpha value is -1.45. The van der Waals surface area contributed by atoms with Crippen LogP contribution in [0.15, 0.2) is 36.5 Å². The van der Waals surface area contributed by atoms with Crippen LogP contribution in [0.1, 0.15) is 32.4 Å². The van der Waals surface area contributed by atoms with Crippen molar-refractivity contribution < 1.29 is 4.74 Å². The molecule has 2 aromatic rings. The second kappa shape index (κ2) is 5.04. The van der Waals surface area contributed by atoms with E-state index in [2.05, 4.69) is 11.1 Å². The molecule has 1 aromatic heterocycles. The van der Waals surface area contributed by atoms with Crippen LogP contribution in [0.25, 0.3) is 10.9 Å². The highest BCUT2D eigenvalue weighted by Gasteiger charge is 2.28. The van der Waals surface area contributed by atoms with E-state index in [1.165, 1.54) is 0 Å². The second-order valence-electron chi connectivity index (χ2n) is 4.97. The van der Waals surface area contributed by atoms with Gasteiger partial charge in [0.2, 0.25) is 0 Å². The largest absolute Gasteiger partial charge is 0.374 e. The topological polar surface area (TPSA) is 48.1 Å². The Labute approximate surface area is 108 Å². The first-order chi connectivity index (χ1) is 8.54. The molecule has 0 spiro atoms. The maximum absolute atomic E-state index is 6.30. The number of hydrogen-bond acceptors (Lipinski definition) is 3. The average molecular weight is 244 g/mol. The fraction of sp³-hybridized carbons (Fsp3) is 0.400. The van der Waals surface area contributed by atoms with E-state index in [1.54, 1.807) is 6.20 Å². The molecule has 0 saturated carbocycles. The zero-order valence-electron chi connectivity index (χ0n) is 11.2. The van der Waals surface area contributed by atoms with Gasteiger partial charge in [-0.3, -0.25) is 4.98 Å². The fourth-order valence-corrected chi connectivity index (χ4v) is 2.15. The molecule has 0 aliphatic heterocycles. The third kappa shape index (κ3) is 2.52. The smallest absolute Gasteiger partial charge is 0.0818 e. The van der Waals surface area contributed by atoms with Crippen molar-refractivity contribution >= 4 is 10.9 Å². The molecule has 18 heavy (non-hydrogen) atoms. The Morgan fingerprint density at radius 1 is 1.33 bits per heavy atom. The number of hydrogen-bond donors (Lipinski definition) is 1. The standard InChI is InChI=1S/C15H20N2O/c1-4-18-15(2,3)14(16)12-7-8-13-11(10-12)6-5-9-17-13/h5-10,14H,4,16H2,1-3H3. The van der Waals surface area contributed by atoms with Gasteiger partial charge in [0.15, 0.2) is 0 Å². The zero-order chi connectivity index (χ0) is 13.2. The Morgan fingerprint density at radius 3 is 2.83 bits per heavy atom. The number of nitrogens with zero attached hydrogens (tertiary/aromatic N) is 1. The summed E-state index contributed by atoms with van der Waals surface area (Å²) in [5.74, 6) is 0. The van der Waals surface area contributed by atoms with Crippen LogP contribution in [-0.2, 0) is 4.74 Å². The molecule has 0 fully saturated rings. The summed E-state index contributed by atoms with van der Waals surface area (Å²) in [5.41, 5.74) is 8.00. The van der Waals surface area contributed by atoms with Crippen molar-refractivity contribution in [2.45, 2.75) is 32.4 Å². The molecule has 2 N–H and O–H groups in total. The number of rotatable bonds is 4. The predicted molar refractivity (Wildman–Crippen MR) is 74.4 cm³/mol. The van der Waals surface area contributed by atoms with E-state index in [0.29, 0.717) is 6.61 Å². The van der Waals surface area contributed by atoms with Crippen molar-refractivity contribution in [1.82, 2.24) is 4.98 Å². The van der Waals surface area contributed by atoms with Gasteiger partial charge in [-0.2, -0.15) is 0 Å². The molecule has 0 amide bonds. The molecule has 0 aliphatic carbocycles. The van der Waals surface area contributed by atoms with Crippen LogP contribution in [-0.4, -0.2) is 17.2 Å². The molecule has 1 unspecified atom stereocenters. The molecule has 1 heterocycles. The van der Waals surface area contributed by atoms with Gasteiger partial charge in [-0.15, -0.1) is 0 Å². The summed E-state index contributed by atoms with van der Waals surface area (Å²) in [6.07, 6.45) is 1.80. The molecule has 3 nitrogen and oxygen atoms in total. The summed E-state index contributed by atoms with van der Waals surface area (Å²) < 4.78 is 5.72. The van der Waals surface area contributed by atoms with Crippen molar-refractivity contribution in [3.05, 3.63) is 42.1 Å². The summed E-state index contributed by atoms with van der Waals surface area (Å²) in [4.78, 5) is 4.31. The van der Waals surface area contributed by atoms with E-state index in [-0.39, 0.29) is 11.6 Å². The van der Waals surface area contributed by atoms with E-state index in [9.17, 15) is 0 Å². The van der Waals surface area contributed by atoms with Crippen LogP contribution in [0.2, 0.25) is 0 Å². The molecule has 96 valence electrons. The van der Waals surface area contributed by atoms with Gasteiger partial charge < -0.3 is 10.5 Å². The van der Waals surface area contributed by atoms with Crippen LogP contribution in [0, 0.1) is 0 Å². The molecule has 0 saturated heterocycles. The average Bonchev–Trinajstić information content (AvgIpc) is 2.37. The summed E-state index contributed by atoms with van der Waals surface area (Å²) in [7, 11) is 0. The van der Waals surface area contributed by atoms with E-state index in [1.807, 2.05) is 45.0 Å². The summed E-state index contributed by atoms with van der Waals surface area (Å²) in [5, 5.41) is 1.11. The van der Waals surface area contributed by atoms with Gasteiger partial charge in [-0.25, -0.2) is 0 Å². The van der Waals surface area contributed by atoms with E-state index < -0.39 is 0 Å². The molecular weight excluding hydrogens is 224 g/mol.